The van der Waals surface area contributed by atoms with Crippen molar-refractivity contribution in [3.8, 4) is 0 Å². The summed E-state index contributed by atoms with van der Waals surface area (Å²) in [7, 11) is 1.17. The van der Waals surface area contributed by atoms with E-state index in [4.69, 9.17) is 42.6 Å². The van der Waals surface area contributed by atoms with E-state index >= 15 is 0 Å². The maximum absolute atomic E-state index is 12.5. The van der Waals surface area contributed by atoms with Crippen molar-refractivity contribution in [3.63, 3.8) is 0 Å². The molecule has 0 spiro atoms. The van der Waals surface area contributed by atoms with Crippen LogP contribution in [0.25, 0.3) is 0 Å². The molecule has 0 aliphatic carbocycles. The van der Waals surface area contributed by atoms with Gasteiger partial charge in [0.2, 0.25) is 12.6 Å². The van der Waals surface area contributed by atoms with E-state index in [-0.39, 0.29) is 18.6 Å². The van der Waals surface area contributed by atoms with Crippen LogP contribution in [0.5, 0.6) is 0 Å². The number of allylic oxidation sites excluding steroid dienone is 1. The smallest absolute Gasteiger partial charge is 0.337 e. The highest BCUT2D eigenvalue weighted by molar-refractivity contribution is 5.90. The fourth-order valence-electron chi connectivity index (χ4n) is 4.43. The molecule has 7 atom stereocenters. The molecular formula is C27H36O15. The molecule has 15 heteroatoms. The summed E-state index contributed by atoms with van der Waals surface area (Å²) in [4.78, 5) is 72.6. The molecule has 0 aromatic carbocycles. The number of hydrogen-bond acceptors (Lipinski definition) is 15. The summed E-state index contributed by atoms with van der Waals surface area (Å²) >= 11 is 0. The maximum Gasteiger partial charge on any atom is 0.337 e. The monoisotopic (exact) mass is 600 g/mol. The first-order valence-electron chi connectivity index (χ1n) is 13.0. The molecule has 2 aliphatic heterocycles. The van der Waals surface area contributed by atoms with Crippen LogP contribution in [0.4, 0.5) is 0 Å². The number of methoxy groups -OCH3 is 1. The van der Waals surface area contributed by atoms with E-state index in [1.165, 1.54) is 7.11 Å². The normalized spacial score (nSPS) is 27.9. The topological polar surface area (TPSA) is 185 Å². The van der Waals surface area contributed by atoms with Crippen molar-refractivity contribution in [3.05, 3.63) is 23.5 Å². The number of ether oxygens (including phenoxy) is 9. The Morgan fingerprint density at radius 3 is 1.98 bits per heavy atom. The van der Waals surface area contributed by atoms with Gasteiger partial charge >= 0.3 is 35.8 Å². The number of esters is 6. The predicted octanol–water partition coefficient (Wildman–Crippen LogP) is 1.02. The van der Waals surface area contributed by atoms with Crippen molar-refractivity contribution in [2.75, 3.05) is 20.3 Å². The second kappa shape index (κ2) is 15.9. The van der Waals surface area contributed by atoms with Crippen molar-refractivity contribution in [1.82, 2.24) is 0 Å². The zero-order valence-corrected chi connectivity index (χ0v) is 24.4. The minimum absolute atomic E-state index is 0.0139. The Morgan fingerprint density at radius 2 is 1.45 bits per heavy atom. The van der Waals surface area contributed by atoms with Gasteiger partial charge in [-0.05, 0) is 13.8 Å². The Kier molecular flexibility index (Phi) is 12.9. The van der Waals surface area contributed by atoms with Gasteiger partial charge in [0, 0.05) is 39.2 Å². The third-order valence-corrected chi connectivity index (χ3v) is 6.01. The molecule has 0 amide bonds. The molecule has 2 heterocycles. The van der Waals surface area contributed by atoms with Gasteiger partial charge in [0.05, 0.1) is 32.0 Å². The van der Waals surface area contributed by atoms with Gasteiger partial charge in [-0.25, -0.2) is 4.79 Å². The highest BCUT2D eigenvalue weighted by atomic mass is 16.8. The fraction of sp³-hybridized carbons (Fsp3) is 0.630. The van der Waals surface area contributed by atoms with E-state index in [0.717, 1.165) is 34.0 Å². The Hall–Kier alpha value is -3.98. The molecule has 2 aliphatic rings. The minimum Gasteiger partial charge on any atom is -0.468 e. The molecule has 42 heavy (non-hydrogen) atoms. The second-order valence-corrected chi connectivity index (χ2v) is 9.09. The van der Waals surface area contributed by atoms with E-state index in [1.807, 2.05) is 0 Å². The summed E-state index contributed by atoms with van der Waals surface area (Å²) in [6.45, 7) is 7.30. The van der Waals surface area contributed by atoms with Crippen LogP contribution in [0.15, 0.2) is 23.5 Å². The van der Waals surface area contributed by atoms with E-state index < -0.39 is 85.3 Å². The summed E-state index contributed by atoms with van der Waals surface area (Å²) < 4.78 is 48.8. The van der Waals surface area contributed by atoms with Gasteiger partial charge in [-0.15, -0.1) is 0 Å². The number of carbonyl (C=O) groups is 6. The Labute approximate surface area is 242 Å². The Bertz CT molecular complexity index is 1090. The first kappa shape index (κ1) is 34.2. The average Bonchev–Trinajstić information content (AvgIpc) is 2.90. The largest absolute Gasteiger partial charge is 0.468 e. The summed E-state index contributed by atoms with van der Waals surface area (Å²) in [6, 6.07) is 0. The van der Waals surface area contributed by atoms with Crippen LogP contribution in [0.3, 0.4) is 0 Å². The number of hydrogen-bond donors (Lipinski definition) is 0. The third kappa shape index (κ3) is 9.27. The number of rotatable bonds is 11. The van der Waals surface area contributed by atoms with E-state index in [0.29, 0.717) is 5.57 Å². The van der Waals surface area contributed by atoms with Gasteiger partial charge in [0.25, 0.3) is 0 Å². The molecule has 15 nitrogen and oxygen atoms in total. The lowest BCUT2D eigenvalue weighted by Crippen LogP contribution is -2.63. The van der Waals surface area contributed by atoms with Crippen molar-refractivity contribution in [2.24, 2.45) is 5.92 Å². The molecular weight excluding hydrogens is 564 g/mol. The van der Waals surface area contributed by atoms with E-state index in [2.05, 4.69) is 0 Å². The molecule has 0 radical (unpaired) electrons. The first-order chi connectivity index (χ1) is 19.8. The molecule has 0 aromatic heterocycles. The van der Waals surface area contributed by atoms with Crippen LogP contribution in [-0.2, 0) is 71.4 Å². The van der Waals surface area contributed by atoms with Gasteiger partial charge in [0.15, 0.2) is 18.3 Å². The van der Waals surface area contributed by atoms with Crippen molar-refractivity contribution in [1.29, 1.82) is 0 Å². The molecule has 0 aromatic rings. The van der Waals surface area contributed by atoms with Gasteiger partial charge in [0.1, 0.15) is 12.7 Å². The predicted molar refractivity (Wildman–Crippen MR) is 137 cm³/mol. The van der Waals surface area contributed by atoms with Crippen molar-refractivity contribution < 1.29 is 71.4 Å². The van der Waals surface area contributed by atoms with Crippen LogP contribution in [0.1, 0.15) is 48.0 Å². The molecule has 0 N–H and O–H groups in total. The maximum atomic E-state index is 12.5. The molecule has 1 fully saturated rings. The minimum atomic E-state index is -1.57. The summed E-state index contributed by atoms with van der Waals surface area (Å²) in [6.07, 6.45) is -6.17. The first-order valence-corrected chi connectivity index (χ1v) is 13.0. The van der Waals surface area contributed by atoms with Crippen LogP contribution < -0.4 is 0 Å². The summed E-state index contributed by atoms with van der Waals surface area (Å²) in [5, 5.41) is 0. The second-order valence-electron chi connectivity index (χ2n) is 9.09. The van der Waals surface area contributed by atoms with E-state index in [9.17, 15) is 28.8 Å². The average molecular weight is 601 g/mol. The number of carbonyl (C=O) groups excluding carboxylic acids is 6. The highest BCUT2D eigenvalue weighted by Crippen LogP contribution is 2.37. The lowest BCUT2D eigenvalue weighted by atomic mass is 9.86. The lowest BCUT2D eigenvalue weighted by molar-refractivity contribution is -0.331. The zero-order chi connectivity index (χ0) is 31.6. The van der Waals surface area contributed by atoms with E-state index in [1.54, 1.807) is 19.9 Å². The molecule has 0 saturated carbocycles. The van der Waals surface area contributed by atoms with Gasteiger partial charge in [-0.2, -0.15) is 0 Å². The fourth-order valence-corrected chi connectivity index (χ4v) is 4.43. The Morgan fingerprint density at radius 1 is 0.857 bits per heavy atom. The van der Waals surface area contributed by atoms with Gasteiger partial charge < -0.3 is 42.6 Å². The van der Waals surface area contributed by atoms with Crippen LogP contribution in [0.2, 0.25) is 0 Å². The molecule has 234 valence electrons. The van der Waals surface area contributed by atoms with Gasteiger partial charge in [-0.3, -0.25) is 24.0 Å². The highest BCUT2D eigenvalue weighted by Gasteiger charge is 2.54. The SMILES string of the molecule is C/C=C1/[C@H](O[C@@H]2O[C@H](COC(C)=O)[C@@H](OC(C)=O)[C@H](OC(C)=O)[C@H]2OC(C)=O)OC=C(C(=O)OC)[C@H]1CC(=O)OCC. The third-order valence-electron chi connectivity index (χ3n) is 6.01. The quantitative estimate of drug-likeness (QED) is 0.186. The summed E-state index contributed by atoms with van der Waals surface area (Å²) in [5.41, 5.74) is 0.304. The van der Waals surface area contributed by atoms with Crippen LogP contribution >= 0.6 is 0 Å². The molecule has 2 rings (SSSR count). The van der Waals surface area contributed by atoms with Crippen molar-refractivity contribution >= 4 is 35.8 Å². The zero-order valence-electron chi connectivity index (χ0n) is 24.4. The molecule has 0 bridgehead atoms. The standard InChI is InChI=1S/C27H36O15/c1-8-17-18(10-21(32)35-9-2)19(25(33)34-7)11-37-26(17)42-27-24(40-16(6)31)23(39-15(5)30)22(38-14(4)29)20(41-27)12-36-13(3)28/h8,11,18,20,22-24,26-27H,9-10,12H2,1-7H3/b17-8+/t18-,20+,22+,23-,24+,26-,27-/m0/s1. The lowest BCUT2D eigenvalue weighted by Gasteiger charge is -2.45. The molecule has 1 saturated heterocycles. The van der Waals surface area contributed by atoms with Crippen LogP contribution in [-0.4, -0.2) is 93.1 Å². The van der Waals surface area contributed by atoms with Crippen molar-refractivity contribution in [2.45, 2.75) is 85.0 Å². The Balaban J connectivity index is 2.54. The molecule has 0 unspecified atom stereocenters. The van der Waals surface area contributed by atoms with Gasteiger partial charge in [-0.1, -0.05) is 6.08 Å². The van der Waals surface area contributed by atoms with Crippen LogP contribution in [0, 0.1) is 5.92 Å². The summed E-state index contributed by atoms with van der Waals surface area (Å²) in [5.74, 6) is -5.37.